The molecule has 0 N–H and O–H groups in total. The topological polar surface area (TPSA) is 184 Å². The van der Waals surface area contributed by atoms with Crippen LogP contribution >= 0.6 is 0 Å². The predicted molar refractivity (Wildman–Crippen MR) is 433 cm³/mol. The van der Waals surface area contributed by atoms with Crippen LogP contribution in [0.2, 0.25) is 0 Å². The number of hydrogen-bond donors (Lipinski definition) is 0. The molecule has 14 heteroatoms. The van der Waals surface area contributed by atoms with Gasteiger partial charge in [-0.2, -0.15) is 0 Å². The number of carbonyl (C=O) groups excluding carboxylic acids is 7. The van der Waals surface area contributed by atoms with Crippen molar-refractivity contribution >= 4 is 41.8 Å². The number of unbranched alkanes of at least 4 members (excludes halogenated alkanes) is 1. The normalized spacial score (nSPS) is 27.4. The zero-order valence-corrected chi connectivity index (χ0v) is 72.2. The molecule has 0 radical (unpaired) electrons. The van der Waals surface area contributed by atoms with E-state index in [9.17, 15) is 33.6 Å². The van der Waals surface area contributed by atoms with Crippen LogP contribution in [0.1, 0.15) is 321 Å². The lowest BCUT2D eigenvalue weighted by Crippen LogP contribution is -2.38. The van der Waals surface area contributed by atoms with Crippen LogP contribution in [0.5, 0.6) is 0 Å². The van der Waals surface area contributed by atoms with Crippen LogP contribution in [0.3, 0.4) is 0 Å². The fraction of sp³-hybridized carbons (Fsp3) is 0.772. The van der Waals surface area contributed by atoms with Gasteiger partial charge in [0.05, 0.1) is 6.61 Å². The van der Waals surface area contributed by atoms with E-state index in [4.69, 9.17) is 33.2 Å². The molecule has 11 atom stereocenters. The minimum Gasteiger partial charge on any atom is -0.462 e. The molecule has 0 spiro atoms. The smallest absolute Gasteiger partial charge is 0.333 e. The molecule has 0 aromatic heterocycles. The van der Waals surface area contributed by atoms with Crippen molar-refractivity contribution in [3.8, 4) is 0 Å². The molecule has 606 valence electrons. The number of carbonyl (C=O) groups is 7. The Morgan fingerprint density at radius 3 is 1.35 bits per heavy atom. The van der Waals surface area contributed by atoms with Crippen molar-refractivity contribution in [2.45, 2.75) is 358 Å². The SMILES string of the molecule is C=C(C)C(=O)OC(C(C)C)C(C)C.C=C(C)C(=O)OC1CC(C)(C)CC(C)(C)C1.C=C(C)C(=O)OC1CC(C)(C)CCC1C.C=C(C)C(=O)OC1CC2CC1C1CCCC21.C=C(C)C(=O)OC1CC2CCC1(C)C2(C)C.C=C(C)C(=O)OC1CCC(C(C)(C)C)CC1.C=C(C)C(=O)OCC(CC)CCCC. The molecule has 0 amide bonds. The molecule has 0 aliphatic heterocycles. The maximum atomic E-state index is 11.6. The maximum Gasteiger partial charge on any atom is 0.333 e. The molecule has 14 nitrogen and oxygen atoms in total. The molecule has 11 unspecified atom stereocenters. The molecule has 8 aliphatic rings. The van der Waals surface area contributed by atoms with Crippen molar-refractivity contribution in [1.82, 2.24) is 0 Å². The zero-order valence-electron chi connectivity index (χ0n) is 72.2. The number of fused-ring (bicyclic) bond motifs is 7. The van der Waals surface area contributed by atoms with E-state index in [1.54, 1.807) is 48.5 Å². The van der Waals surface area contributed by atoms with Crippen molar-refractivity contribution in [2.24, 2.45) is 91.7 Å². The average molecular weight is 1480 g/mol. The van der Waals surface area contributed by atoms with Crippen LogP contribution in [-0.2, 0) is 66.7 Å². The molecule has 8 rings (SSSR count). The quantitative estimate of drug-likeness (QED) is 0.0600. The summed E-state index contributed by atoms with van der Waals surface area (Å²) in [5.41, 5.74) is 5.09. The van der Waals surface area contributed by atoms with Crippen LogP contribution < -0.4 is 0 Å². The highest BCUT2D eigenvalue weighted by Crippen LogP contribution is 2.66. The van der Waals surface area contributed by atoms with Gasteiger partial charge in [-0.1, -0.05) is 203 Å². The summed E-state index contributed by atoms with van der Waals surface area (Å²) >= 11 is 0. The fourth-order valence-corrected chi connectivity index (χ4v) is 17.8. The first-order chi connectivity index (χ1) is 48.7. The third-order valence-corrected chi connectivity index (χ3v) is 24.5. The van der Waals surface area contributed by atoms with E-state index in [0.717, 1.165) is 101 Å². The summed E-state index contributed by atoms with van der Waals surface area (Å²) in [6, 6.07) is 0. The van der Waals surface area contributed by atoms with Crippen molar-refractivity contribution < 1.29 is 66.7 Å². The Morgan fingerprint density at radius 2 is 0.925 bits per heavy atom. The average Bonchev–Trinajstić information content (AvgIpc) is 1.56. The number of rotatable bonds is 21. The molecule has 106 heavy (non-hydrogen) atoms. The van der Waals surface area contributed by atoms with Gasteiger partial charge in [0.1, 0.15) is 36.6 Å². The Hall–Kier alpha value is -5.53. The van der Waals surface area contributed by atoms with Crippen LogP contribution in [0.25, 0.3) is 0 Å². The summed E-state index contributed by atoms with van der Waals surface area (Å²) in [6.45, 7) is 79.5. The van der Waals surface area contributed by atoms with E-state index in [1.807, 2.05) is 0 Å². The first-order valence-corrected chi connectivity index (χ1v) is 40.7. The lowest BCUT2D eigenvalue weighted by atomic mass is 9.64. The Labute approximate surface area is 646 Å². The van der Waals surface area contributed by atoms with Crippen molar-refractivity contribution in [2.75, 3.05) is 6.61 Å². The summed E-state index contributed by atoms with van der Waals surface area (Å²) in [5.74, 6) is 4.79. The number of esters is 7. The van der Waals surface area contributed by atoms with Gasteiger partial charge in [0.25, 0.3) is 0 Å². The largest absolute Gasteiger partial charge is 0.462 e. The van der Waals surface area contributed by atoms with Crippen LogP contribution in [0.4, 0.5) is 0 Å². The van der Waals surface area contributed by atoms with Gasteiger partial charge in [-0.05, 0) is 250 Å². The second kappa shape index (κ2) is 42.6. The Balaban J connectivity index is 0.000000421. The van der Waals surface area contributed by atoms with E-state index in [0.29, 0.717) is 97.4 Å². The van der Waals surface area contributed by atoms with Gasteiger partial charge in [-0.3, -0.25) is 0 Å². The maximum absolute atomic E-state index is 11.6. The van der Waals surface area contributed by atoms with Gasteiger partial charge in [-0.25, -0.2) is 33.6 Å². The Bertz CT molecular complexity index is 2960. The van der Waals surface area contributed by atoms with Gasteiger partial charge >= 0.3 is 41.8 Å². The summed E-state index contributed by atoms with van der Waals surface area (Å²) in [6.07, 6.45) is 26.0. The lowest BCUT2D eigenvalue weighted by Gasteiger charge is -2.44. The molecule has 8 fully saturated rings. The van der Waals surface area contributed by atoms with E-state index >= 15 is 0 Å². The highest BCUT2D eigenvalue weighted by molar-refractivity contribution is 5.89. The van der Waals surface area contributed by atoms with Crippen LogP contribution in [0, 0.1) is 91.7 Å². The molecule has 8 aliphatic carbocycles. The fourth-order valence-electron chi connectivity index (χ4n) is 17.8. The summed E-state index contributed by atoms with van der Waals surface area (Å²) in [4.78, 5) is 79.8. The van der Waals surface area contributed by atoms with E-state index in [-0.39, 0.29) is 94.7 Å². The van der Waals surface area contributed by atoms with Crippen LogP contribution in [-0.4, -0.2) is 85.0 Å². The van der Waals surface area contributed by atoms with E-state index in [1.165, 1.54) is 64.2 Å². The third kappa shape index (κ3) is 31.1. The Morgan fingerprint density at radius 1 is 0.472 bits per heavy atom. The number of hydrogen-bond acceptors (Lipinski definition) is 14. The highest BCUT2D eigenvalue weighted by atomic mass is 16.6. The standard InChI is InChI=1S/C14H20O2.C14H22O2.2C14H24O2.C13H22O2.C12H22O2.C11H20O2/c1-8(2)14(15)16-13-7-9-6-12(13)11-5-3-4-10(9)11;1-9(2)12(15)16-11-8-10-6-7-14(11,5)13(10,3)4;1-10(2)12(15)16-11-7-13(3,4)9-14(5,6)8-11;1-10(2)13(15)16-12-8-6-11(7-9-12)14(3,4)5;1-9(2)12(14)15-11-8-13(4,5)7-6-10(11)3;1-5-7-8-11(6-2)9-14-12(13)10(3)4;1-7(2)10(8(3)4)13-11(12)9(5)6/h9-13H,1,3-7H2,2H3;10-11H,1,6-8H2,2-5H3;11H,1,7-9H2,2-6H3;11-12H,1,6-9H2,2-5H3;10-11H,1,6-8H2,2-5H3;11H,3,5-9H2,1-2,4H3;7-8,10H,5H2,1-4,6H3. The van der Waals surface area contributed by atoms with Crippen molar-refractivity contribution in [3.63, 3.8) is 0 Å². The van der Waals surface area contributed by atoms with Crippen molar-refractivity contribution in [1.29, 1.82) is 0 Å². The van der Waals surface area contributed by atoms with Gasteiger partial charge in [0.15, 0.2) is 0 Å². The summed E-state index contributed by atoms with van der Waals surface area (Å²) < 4.78 is 37.9. The van der Waals surface area contributed by atoms with Crippen molar-refractivity contribution in [3.05, 3.63) is 85.1 Å². The second-order valence-corrected chi connectivity index (χ2v) is 38.5. The van der Waals surface area contributed by atoms with Gasteiger partial charge in [0.2, 0.25) is 0 Å². The summed E-state index contributed by atoms with van der Waals surface area (Å²) in [7, 11) is 0. The monoisotopic (exact) mass is 1480 g/mol. The first kappa shape index (κ1) is 96.5. The second-order valence-electron chi connectivity index (χ2n) is 38.5. The molecule has 4 bridgehead atoms. The minimum absolute atomic E-state index is 0.0100. The third-order valence-electron chi connectivity index (χ3n) is 24.5. The summed E-state index contributed by atoms with van der Waals surface area (Å²) in [5, 5.41) is 0. The van der Waals surface area contributed by atoms with E-state index < -0.39 is 0 Å². The highest BCUT2D eigenvalue weighted by Gasteiger charge is 2.63. The van der Waals surface area contributed by atoms with Gasteiger partial charge in [-0.15, -0.1) is 0 Å². The number of ether oxygens (including phenoxy) is 7. The molecule has 8 saturated carbocycles. The molecular formula is C92H154O14. The lowest BCUT2D eigenvalue weighted by molar-refractivity contribution is -0.152. The molecule has 0 saturated heterocycles. The zero-order chi connectivity index (χ0) is 81.5. The van der Waals surface area contributed by atoms with Crippen LogP contribution in [0.15, 0.2) is 85.1 Å². The molecule has 0 aromatic carbocycles. The van der Waals surface area contributed by atoms with Gasteiger partial charge in [0, 0.05) is 44.4 Å². The molecule has 0 aromatic rings. The van der Waals surface area contributed by atoms with E-state index in [2.05, 4.69) is 178 Å². The predicted octanol–water partition coefficient (Wildman–Crippen LogP) is 23.1. The Kier molecular flexibility index (Phi) is 38.8. The molecule has 0 heterocycles. The van der Waals surface area contributed by atoms with Gasteiger partial charge < -0.3 is 33.2 Å². The minimum atomic E-state index is -0.285. The molecular weight excluding hydrogens is 1330 g/mol. The first-order valence-electron chi connectivity index (χ1n) is 40.7.